The molecule has 6 heteroatoms. The molecule has 82 valence electrons. The molecule has 0 aliphatic rings. The Hall–Kier alpha value is -1.07. The predicted molar refractivity (Wildman–Crippen MR) is 55.9 cm³/mol. The number of carboxylic acid groups (broad SMARTS) is 1. The average Bonchev–Trinajstić information content (AvgIpc) is 1.99. The molecule has 0 saturated carbocycles. The SMILES string of the molecule is CS(=O)(=O)c1ccc(CC(=O)O)cc1Cl. The molecule has 0 atom stereocenters. The van der Waals surface area contributed by atoms with Crippen LogP contribution < -0.4 is 0 Å². The number of carbonyl (C=O) groups is 1. The topological polar surface area (TPSA) is 71.4 Å². The maximum absolute atomic E-state index is 11.2. The van der Waals surface area contributed by atoms with Crippen molar-refractivity contribution in [1.29, 1.82) is 0 Å². The van der Waals surface area contributed by atoms with Gasteiger partial charge in [-0.05, 0) is 17.7 Å². The molecule has 0 saturated heterocycles. The molecule has 4 nitrogen and oxygen atoms in total. The average molecular weight is 249 g/mol. The summed E-state index contributed by atoms with van der Waals surface area (Å²) in [6.45, 7) is 0. The summed E-state index contributed by atoms with van der Waals surface area (Å²) in [6.07, 6.45) is 0.870. The third kappa shape index (κ3) is 3.21. The van der Waals surface area contributed by atoms with Crippen molar-refractivity contribution in [2.45, 2.75) is 11.3 Å². The first-order chi connectivity index (χ1) is 6.80. The first-order valence-corrected chi connectivity index (χ1v) is 6.28. The summed E-state index contributed by atoms with van der Waals surface area (Å²) in [7, 11) is -3.36. The quantitative estimate of drug-likeness (QED) is 0.877. The Balaban J connectivity index is 3.15. The Labute approximate surface area is 92.4 Å². The molecule has 0 fully saturated rings. The minimum atomic E-state index is -3.36. The molecule has 15 heavy (non-hydrogen) atoms. The van der Waals surface area contributed by atoms with E-state index in [0.29, 0.717) is 5.56 Å². The van der Waals surface area contributed by atoms with Crippen molar-refractivity contribution >= 4 is 27.4 Å². The zero-order chi connectivity index (χ0) is 11.6. The van der Waals surface area contributed by atoms with Crippen LogP contribution in [0.25, 0.3) is 0 Å². The van der Waals surface area contributed by atoms with Gasteiger partial charge in [-0.3, -0.25) is 4.79 Å². The largest absolute Gasteiger partial charge is 0.481 e. The highest BCUT2D eigenvalue weighted by molar-refractivity contribution is 7.90. The molecule has 0 heterocycles. The molecule has 0 spiro atoms. The maximum atomic E-state index is 11.2. The number of hydrogen-bond acceptors (Lipinski definition) is 3. The second-order valence-electron chi connectivity index (χ2n) is 3.11. The van der Waals surface area contributed by atoms with Crippen molar-refractivity contribution in [2.75, 3.05) is 6.26 Å². The van der Waals surface area contributed by atoms with Gasteiger partial charge in [0.25, 0.3) is 0 Å². The minimum Gasteiger partial charge on any atom is -0.481 e. The fourth-order valence-electron chi connectivity index (χ4n) is 1.13. The van der Waals surface area contributed by atoms with Crippen molar-refractivity contribution in [3.8, 4) is 0 Å². The van der Waals surface area contributed by atoms with Crippen LogP contribution in [-0.4, -0.2) is 25.7 Å². The minimum absolute atomic E-state index is 0.0123. The Morgan fingerprint density at radius 2 is 2.07 bits per heavy atom. The standard InChI is InChI=1S/C9H9ClO4S/c1-15(13,14)8-3-2-6(4-7(8)10)5-9(11)12/h2-4H,5H2,1H3,(H,11,12). The van der Waals surface area contributed by atoms with E-state index in [1.54, 1.807) is 0 Å². The van der Waals surface area contributed by atoms with Gasteiger partial charge in [-0.1, -0.05) is 17.7 Å². The lowest BCUT2D eigenvalue weighted by Gasteiger charge is -2.03. The molecule has 0 amide bonds. The lowest BCUT2D eigenvalue weighted by molar-refractivity contribution is -0.136. The van der Waals surface area contributed by atoms with Crippen LogP contribution in [-0.2, 0) is 21.1 Å². The maximum Gasteiger partial charge on any atom is 0.307 e. The van der Waals surface area contributed by atoms with Crippen LogP contribution in [0.4, 0.5) is 0 Å². The number of hydrogen-bond donors (Lipinski definition) is 1. The van der Waals surface area contributed by atoms with Gasteiger partial charge in [0.15, 0.2) is 9.84 Å². The molecule has 0 radical (unpaired) electrons. The first-order valence-electron chi connectivity index (χ1n) is 4.01. The molecular weight excluding hydrogens is 240 g/mol. The summed E-state index contributed by atoms with van der Waals surface area (Å²) in [6, 6.07) is 4.11. The highest BCUT2D eigenvalue weighted by atomic mass is 35.5. The van der Waals surface area contributed by atoms with E-state index < -0.39 is 15.8 Å². The lowest BCUT2D eigenvalue weighted by Crippen LogP contribution is -2.02. The van der Waals surface area contributed by atoms with Gasteiger partial charge in [-0.15, -0.1) is 0 Å². The van der Waals surface area contributed by atoms with Crippen LogP contribution in [0.15, 0.2) is 23.1 Å². The molecule has 0 unspecified atom stereocenters. The summed E-state index contributed by atoms with van der Waals surface area (Å²) < 4.78 is 22.4. The van der Waals surface area contributed by atoms with E-state index in [2.05, 4.69) is 0 Å². The highest BCUT2D eigenvalue weighted by Gasteiger charge is 2.12. The van der Waals surface area contributed by atoms with E-state index in [0.717, 1.165) is 6.26 Å². The number of sulfone groups is 1. The summed E-state index contributed by atoms with van der Waals surface area (Å²) >= 11 is 5.73. The predicted octanol–water partition coefficient (Wildman–Crippen LogP) is 1.37. The smallest absolute Gasteiger partial charge is 0.307 e. The first kappa shape index (κ1) is 12.0. The summed E-state index contributed by atoms with van der Waals surface area (Å²) in [4.78, 5) is 10.4. The van der Waals surface area contributed by atoms with E-state index in [9.17, 15) is 13.2 Å². The van der Waals surface area contributed by atoms with E-state index in [1.807, 2.05) is 0 Å². The van der Waals surface area contributed by atoms with Crippen LogP contribution in [0, 0.1) is 0 Å². The van der Waals surface area contributed by atoms with Gasteiger partial charge in [0.05, 0.1) is 16.3 Å². The molecule has 0 aliphatic carbocycles. The number of carboxylic acids is 1. The molecule has 1 aromatic rings. The van der Waals surface area contributed by atoms with Crippen molar-refractivity contribution < 1.29 is 18.3 Å². The Morgan fingerprint density at radius 3 is 2.47 bits per heavy atom. The van der Waals surface area contributed by atoms with Crippen LogP contribution in [0.2, 0.25) is 5.02 Å². The molecular formula is C9H9ClO4S. The van der Waals surface area contributed by atoms with Gasteiger partial charge in [0, 0.05) is 6.26 Å². The van der Waals surface area contributed by atoms with E-state index >= 15 is 0 Å². The van der Waals surface area contributed by atoms with E-state index in [4.69, 9.17) is 16.7 Å². The normalized spacial score (nSPS) is 11.3. The second kappa shape index (κ2) is 4.20. The van der Waals surface area contributed by atoms with Gasteiger partial charge in [-0.2, -0.15) is 0 Å². The van der Waals surface area contributed by atoms with Crippen molar-refractivity contribution in [3.63, 3.8) is 0 Å². The fourth-order valence-corrected chi connectivity index (χ4v) is 2.48. The van der Waals surface area contributed by atoms with E-state index in [-0.39, 0.29) is 16.3 Å². The Bertz CT molecular complexity index is 493. The Morgan fingerprint density at radius 1 is 1.47 bits per heavy atom. The molecule has 0 aliphatic heterocycles. The van der Waals surface area contributed by atoms with Gasteiger partial charge in [-0.25, -0.2) is 8.42 Å². The van der Waals surface area contributed by atoms with Crippen LogP contribution >= 0.6 is 11.6 Å². The second-order valence-corrected chi connectivity index (χ2v) is 5.50. The molecule has 1 rings (SSSR count). The number of rotatable bonds is 3. The highest BCUT2D eigenvalue weighted by Crippen LogP contribution is 2.22. The third-order valence-electron chi connectivity index (χ3n) is 1.75. The number of halogens is 1. The summed E-state index contributed by atoms with van der Waals surface area (Å²) in [5, 5.41) is 8.58. The Kier molecular flexibility index (Phi) is 3.36. The summed E-state index contributed by atoms with van der Waals surface area (Å²) in [5.41, 5.74) is 0.472. The van der Waals surface area contributed by atoms with Crippen LogP contribution in [0.1, 0.15) is 5.56 Å². The van der Waals surface area contributed by atoms with Crippen molar-refractivity contribution in [1.82, 2.24) is 0 Å². The zero-order valence-electron chi connectivity index (χ0n) is 7.90. The lowest BCUT2D eigenvalue weighted by atomic mass is 10.1. The van der Waals surface area contributed by atoms with Gasteiger partial charge >= 0.3 is 5.97 Å². The molecule has 1 N–H and O–H groups in total. The van der Waals surface area contributed by atoms with Gasteiger partial charge in [0.1, 0.15) is 0 Å². The van der Waals surface area contributed by atoms with Crippen molar-refractivity contribution in [3.05, 3.63) is 28.8 Å². The molecule has 0 aromatic heterocycles. The van der Waals surface area contributed by atoms with Gasteiger partial charge < -0.3 is 5.11 Å². The fraction of sp³-hybridized carbons (Fsp3) is 0.222. The van der Waals surface area contributed by atoms with Gasteiger partial charge in [0.2, 0.25) is 0 Å². The number of aliphatic carboxylic acids is 1. The van der Waals surface area contributed by atoms with Crippen LogP contribution in [0.5, 0.6) is 0 Å². The van der Waals surface area contributed by atoms with Crippen molar-refractivity contribution in [2.24, 2.45) is 0 Å². The number of benzene rings is 1. The monoisotopic (exact) mass is 248 g/mol. The molecule has 1 aromatic carbocycles. The summed E-state index contributed by atoms with van der Waals surface area (Å²) in [5.74, 6) is -0.988. The zero-order valence-corrected chi connectivity index (χ0v) is 9.47. The van der Waals surface area contributed by atoms with E-state index in [1.165, 1.54) is 18.2 Å². The van der Waals surface area contributed by atoms with Crippen LogP contribution in [0.3, 0.4) is 0 Å². The molecule has 0 bridgehead atoms. The third-order valence-corrected chi connectivity index (χ3v) is 3.33.